The van der Waals surface area contributed by atoms with Crippen LogP contribution in [0.3, 0.4) is 0 Å². The van der Waals surface area contributed by atoms with Gasteiger partial charge in [0.25, 0.3) is 5.69 Å². The van der Waals surface area contributed by atoms with E-state index in [1.54, 1.807) is 0 Å². The molecule has 1 heterocycles. The molecule has 0 radical (unpaired) electrons. The molecule has 0 aliphatic carbocycles. The Morgan fingerprint density at radius 1 is 1.39 bits per heavy atom. The number of nitro benzene ring substituents is 1. The summed E-state index contributed by atoms with van der Waals surface area (Å²) in [5.74, 6) is 0.315. The first-order valence-electron chi connectivity index (χ1n) is 5.24. The van der Waals surface area contributed by atoms with Crippen molar-refractivity contribution in [3.8, 4) is 5.88 Å². The normalized spacial score (nSPS) is 10.9. The van der Waals surface area contributed by atoms with Crippen LogP contribution in [0.4, 0.5) is 5.69 Å². The average Bonchev–Trinajstić information content (AvgIpc) is 2.27. The molecule has 0 amide bonds. The maximum Gasteiger partial charge on any atom is 0.288 e. The summed E-state index contributed by atoms with van der Waals surface area (Å²) in [6, 6.07) is 2.76. The number of halogens is 1. The minimum Gasteiger partial charge on any atom is -0.474 e. The number of ether oxygens (including phenoxy) is 1. The van der Waals surface area contributed by atoms with E-state index in [0.717, 1.165) is 0 Å². The zero-order valence-electron chi connectivity index (χ0n) is 9.75. The van der Waals surface area contributed by atoms with E-state index in [-0.39, 0.29) is 16.8 Å². The van der Waals surface area contributed by atoms with Crippen molar-refractivity contribution in [2.75, 3.05) is 0 Å². The van der Waals surface area contributed by atoms with Crippen LogP contribution in [0.25, 0.3) is 10.9 Å². The van der Waals surface area contributed by atoms with Crippen molar-refractivity contribution in [3.05, 3.63) is 33.6 Å². The van der Waals surface area contributed by atoms with Crippen LogP contribution in [-0.4, -0.2) is 21.0 Å². The highest BCUT2D eigenvalue weighted by Gasteiger charge is 2.17. The third kappa shape index (κ3) is 2.33. The first kappa shape index (κ1) is 12.5. The lowest BCUT2D eigenvalue weighted by Crippen LogP contribution is -2.07. The number of hydrogen-bond donors (Lipinski definition) is 0. The Bertz CT molecular complexity index is 616. The van der Waals surface area contributed by atoms with E-state index in [1.807, 2.05) is 13.8 Å². The molecule has 1 aromatic carbocycles. The predicted molar refractivity (Wildman–Crippen MR) is 67.0 cm³/mol. The van der Waals surface area contributed by atoms with Crippen LogP contribution in [-0.2, 0) is 0 Å². The van der Waals surface area contributed by atoms with Gasteiger partial charge in [-0.1, -0.05) is 11.6 Å². The number of nitro groups is 1. The fourth-order valence-electron chi connectivity index (χ4n) is 1.50. The Hall–Kier alpha value is -1.95. The van der Waals surface area contributed by atoms with Gasteiger partial charge in [-0.25, -0.2) is 9.97 Å². The first-order chi connectivity index (χ1) is 8.49. The van der Waals surface area contributed by atoms with Crippen LogP contribution in [0.2, 0.25) is 5.02 Å². The van der Waals surface area contributed by atoms with Crippen LogP contribution in [0.15, 0.2) is 18.5 Å². The molecule has 18 heavy (non-hydrogen) atoms. The van der Waals surface area contributed by atoms with E-state index in [1.165, 1.54) is 18.5 Å². The Labute approximate surface area is 108 Å². The van der Waals surface area contributed by atoms with Gasteiger partial charge in [0, 0.05) is 6.07 Å². The maximum atomic E-state index is 10.8. The minimum atomic E-state index is -0.548. The fourth-order valence-corrected chi connectivity index (χ4v) is 1.73. The molecule has 0 unspecified atom stereocenters. The number of fused-ring (bicyclic) bond motifs is 1. The number of rotatable bonds is 3. The van der Waals surface area contributed by atoms with E-state index in [0.29, 0.717) is 16.8 Å². The minimum absolute atomic E-state index is 0.0432. The molecule has 0 aliphatic rings. The van der Waals surface area contributed by atoms with E-state index >= 15 is 0 Å². The van der Waals surface area contributed by atoms with Gasteiger partial charge < -0.3 is 4.74 Å². The topological polar surface area (TPSA) is 78.2 Å². The van der Waals surface area contributed by atoms with Gasteiger partial charge >= 0.3 is 0 Å². The molecular formula is C11H10ClN3O3. The molecule has 0 N–H and O–H groups in total. The van der Waals surface area contributed by atoms with Crippen molar-refractivity contribution in [2.24, 2.45) is 0 Å². The molecule has 1 aromatic heterocycles. The van der Waals surface area contributed by atoms with Crippen molar-refractivity contribution in [1.29, 1.82) is 0 Å². The van der Waals surface area contributed by atoms with Crippen molar-refractivity contribution in [1.82, 2.24) is 9.97 Å². The summed E-state index contributed by atoms with van der Waals surface area (Å²) < 4.78 is 5.49. The Kier molecular flexibility index (Phi) is 3.29. The van der Waals surface area contributed by atoms with E-state index in [9.17, 15) is 10.1 Å². The molecule has 0 aliphatic heterocycles. The zero-order valence-corrected chi connectivity index (χ0v) is 10.5. The highest BCUT2D eigenvalue weighted by atomic mass is 35.5. The smallest absolute Gasteiger partial charge is 0.288 e. The van der Waals surface area contributed by atoms with Gasteiger partial charge in [-0.05, 0) is 19.9 Å². The maximum absolute atomic E-state index is 10.8. The third-order valence-corrected chi connectivity index (χ3v) is 2.51. The molecule has 2 rings (SSSR count). The summed E-state index contributed by atoms with van der Waals surface area (Å²) in [6.07, 6.45) is 1.25. The van der Waals surface area contributed by atoms with Crippen molar-refractivity contribution < 1.29 is 9.66 Å². The van der Waals surface area contributed by atoms with Crippen molar-refractivity contribution in [2.45, 2.75) is 20.0 Å². The highest BCUT2D eigenvalue weighted by molar-refractivity contribution is 6.33. The number of aromatic nitrogens is 2. The number of nitrogens with zero attached hydrogens (tertiary/aromatic N) is 3. The van der Waals surface area contributed by atoms with Crippen molar-refractivity contribution >= 4 is 28.2 Å². The molecule has 94 valence electrons. The van der Waals surface area contributed by atoms with Crippen LogP contribution >= 0.6 is 11.6 Å². The van der Waals surface area contributed by atoms with Gasteiger partial charge in [-0.15, -0.1) is 0 Å². The van der Waals surface area contributed by atoms with Crippen LogP contribution in [0, 0.1) is 10.1 Å². The lowest BCUT2D eigenvalue weighted by atomic mass is 10.2. The van der Waals surface area contributed by atoms with Crippen LogP contribution < -0.4 is 4.74 Å². The standard InChI is InChI=1S/C11H10ClN3O3/c1-6(2)18-11-7-3-10(15(16)17)8(12)4-9(7)13-5-14-11/h3-6H,1-2H3. The second kappa shape index (κ2) is 4.73. The van der Waals surface area contributed by atoms with Gasteiger partial charge in [0.05, 0.1) is 21.9 Å². The molecule has 0 spiro atoms. The second-order valence-electron chi connectivity index (χ2n) is 3.92. The van der Waals surface area contributed by atoms with Crippen LogP contribution in [0.1, 0.15) is 13.8 Å². The van der Waals surface area contributed by atoms with Gasteiger partial charge in [0.15, 0.2) is 0 Å². The fraction of sp³-hybridized carbons (Fsp3) is 0.273. The number of hydrogen-bond acceptors (Lipinski definition) is 5. The van der Waals surface area contributed by atoms with E-state index in [2.05, 4.69) is 9.97 Å². The average molecular weight is 268 g/mol. The van der Waals surface area contributed by atoms with Gasteiger partial charge in [-0.3, -0.25) is 10.1 Å². The molecule has 6 nitrogen and oxygen atoms in total. The predicted octanol–water partition coefficient (Wildman–Crippen LogP) is 2.98. The summed E-state index contributed by atoms with van der Waals surface area (Å²) in [5, 5.41) is 11.4. The lowest BCUT2D eigenvalue weighted by molar-refractivity contribution is -0.384. The number of benzene rings is 1. The molecule has 0 bridgehead atoms. The summed E-state index contributed by atoms with van der Waals surface area (Å²) in [5.41, 5.74) is 0.323. The lowest BCUT2D eigenvalue weighted by Gasteiger charge is -2.10. The van der Waals surface area contributed by atoms with Gasteiger partial charge in [0.1, 0.15) is 11.3 Å². The molecule has 0 saturated carbocycles. The van der Waals surface area contributed by atoms with Crippen molar-refractivity contribution in [3.63, 3.8) is 0 Å². The molecule has 2 aromatic rings. The molecule has 0 saturated heterocycles. The summed E-state index contributed by atoms with van der Waals surface area (Å²) in [7, 11) is 0. The molecule has 0 fully saturated rings. The summed E-state index contributed by atoms with van der Waals surface area (Å²) in [6.45, 7) is 3.69. The second-order valence-corrected chi connectivity index (χ2v) is 4.33. The summed E-state index contributed by atoms with van der Waals surface area (Å²) >= 11 is 5.81. The zero-order chi connectivity index (χ0) is 13.3. The van der Waals surface area contributed by atoms with Crippen LogP contribution in [0.5, 0.6) is 5.88 Å². The Balaban J connectivity index is 2.67. The highest BCUT2D eigenvalue weighted by Crippen LogP contribution is 2.32. The molecule has 7 heteroatoms. The Morgan fingerprint density at radius 2 is 2.11 bits per heavy atom. The van der Waals surface area contributed by atoms with E-state index in [4.69, 9.17) is 16.3 Å². The van der Waals surface area contributed by atoms with E-state index < -0.39 is 4.92 Å². The molecular weight excluding hydrogens is 258 g/mol. The Morgan fingerprint density at radius 3 is 2.72 bits per heavy atom. The monoisotopic (exact) mass is 267 g/mol. The van der Waals surface area contributed by atoms with Gasteiger partial charge in [-0.2, -0.15) is 0 Å². The third-order valence-electron chi connectivity index (χ3n) is 2.21. The largest absolute Gasteiger partial charge is 0.474 e. The summed E-state index contributed by atoms with van der Waals surface area (Å²) in [4.78, 5) is 18.3. The molecule has 0 atom stereocenters. The van der Waals surface area contributed by atoms with Gasteiger partial charge in [0.2, 0.25) is 5.88 Å². The SMILES string of the molecule is CC(C)Oc1ncnc2cc(Cl)c([N+](=O)[O-])cc12. The quantitative estimate of drug-likeness (QED) is 0.631. The first-order valence-corrected chi connectivity index (χ1v) is 5.62.